The van der Waals surface area contributed by atoms with E-state index < -0.39 is 20.5 Å². The van der Waals surface area contributed by atoms with Crippen LogP contribution in [-0.4, -0.2) is 51.4 Å². The van der Waals surface area contributed by atoms with Gasteiger partial charge in [0.2, 0.25) is 0 Å². The van der Waals surface area contributed by atoms with E-state index in [1.807, 2.05) is 30.5 Å². The summed E-state index contributed by atoms with van der Waals surface area (Å²) in [6, 6.07) is 11.1. The first-order valence-corrected chi connectivity index (χ1v) is 12.0. The van der Waals surface area contributed by atoms with Crippen LogP contribution in [-0.2, 0) is 27.7 Å². The predicted octanol–water partition coefficient (Wildman–Crippen LogP) is 1.55. The summed E-state index contributed by atoms with van der Waals surface area (Å²) in [7, 11) is -3.84. The standard InChI is InChI=1S/C22H27N3O6S/c1-22(21(28)23-29,32(2,30)31)8-12-25-11-6-17(15-20(25)27)16-4-5-19-18(14-16)7-10-24(19)9-3-13-26/h4-7,10-11,14-15,26,29H,3,8-9,12-13H2,1-2H3,(H,23,28). The number of hydroxylamine groups is 1. The van der Waals surface area contributed by atoms with Crippen molar-refractivity contribution in [1.29, 1.82) is 0 Å². The fourth-order valence-electron chi connectivity index (χ4n) is 3.61. The number of sulfone groups is 1. The summed E-state index contributed by atoms with van der Waals surface area (Å²) in [6.07, 6.45) is 4.94. The molecule has 0 aliphatic rings. The van der Waals surface area contributed by atoms with Crippen LogP contribution in [0.4, 0.5) is 0 Å². The van der Waals surface area contributed by atoms with Gasteiger partial charge in [0.15, 0.2) is 14.6 Å². The zero-order chi connectivity index (χ0) is 23.5. The molecule has 172 valence electrons. The summed E-state index contributed by atoms with van der Waals surface area (Å²) in [4.78, 5) is 24.6. The molecule has 2 aromatic heterocycles. The first kappa shape index (κ1) is 23.7. The molecule has 0 aliphatic heterocycles. The Morgan fingerprint density at radius 3 is 2.38 bits per heavy atom. The first-order chi connectivity index (χ1) is 15.1. The number of carbonyl (C=O) groups excluding carboxylic acids is 1. The van der Waals surface area contributed by atoms with E-state index in [9.17, 15) is 18.0 Å². The van der Waals surface area contributed by atoms with Crippen molar-refractivity contribution in [3.8, 4) is 11.1 Å². The fourth-order valence-corrected chi connectivity index (χ4v) is 4.45. The monoisotopic (exact) mass is 461 g/mol. The zero-order valence-electron chi connectivity index (χ0n) is 18.0. The van der Waals surface area contributed by atoms with Gasteiger partial charge in [-0.1, -0.05) is 6.07 Å². The van der Waals surface area contributed by atoms with E-state index in [4.69, 9.17) is 10.3 Å². The largest absolute Gasteiger partial charge is 0.396 e. The molecule has 9 nitrogen and oxygen atoms in total. The van der Waals surface area contributed by atoms with Crippen molar-refractivity contribution in [3.05, 3.63) is 59.1 Å². The van der Waals surface area contributed by atoms with Crippen LogP contribution in [0.2, 0.25) is 0 Å². The number of rotatable bonds is 9. The highest BCUT2D eigenvalue weighted by Gasteiger charge is 2.43. The molecule has 0 saturated heterocycles. The molecule has 0 aliphatic carbocycles. The number of aryl methyl sites for hydroxylation is 2. The molecule has 1 unspecified atom stereocenters. The zero-order valence-corrected chi connectivity index (χ0v) is 18.8. The summed E-state index contributed by atoms with van der Waals surface area (Å²) < 4.78 is 25.7. The molecule has 2 heterocycles. The topological polar surface area (TPSA) is 131 Å². The number of pyridine rings is 1. The quantitative estimate of drug-likeness (QED) is 0.327. The van der Waals surface area contributed by atoms with Gasteiger partial charge in [0.1, 0.15) is 0 Å². The number of nitrogens with zero attached hydrogens (tertiary/aromatic N) is 2. The molecule has 0 fully saturated rings. The lowest BCUT2D eigenvalue weighted by Gasteiger charge is -2.25. The van der Waals surface area contributed by atoms with Crippen LogP contribution in [0.1, 0.15) is 19.8 Å². The Bertz CT molecular complexity index is 1290. The van der Waals surface area contributed by atoms with Gasteiger partial charge < -0.3 is 14.2 Å². The lowest BCUT2D eigenvalue weighted by molar-refractivity contribution is -0.131. The maximum absolute atomic E-state index is 12.6. The minimum absolute atomic E-state index is 0.0111. The lowest BCUT2D eigenvalue weighted by atomic mass is 10.0. The number of hydrogen-bond donors (Lipinski definition) is 3. The molecular formula is C22H27N3O6S. The highest BCUT2D eigenvalue weighted by Crippen LogP contribution is 2.25. The van der Waals surface area contributed by atoms with Crippen LogP contribution in [0.3, 0.4) is 0 Å². The van der Waals surface area contributed by atoms with Gasteiger partial charge in [-0.25, -0.2) is 13.9 Å². The molecule has 3 rings (SSSR count). The highest BCUT2D eigenvalue weighted by molar-refractivity contribution is 7.92. The Kier molecular flexibility index (Phi) is 6.87. The van der Waals surface area contributed by atoms with Gasteiger partial charge in [0.05, 0.1) is 0 Å². The van der Waals surface area contributed by atoms with Crippen molar-refractivity contribution in [3.63, 3.8) is 0 Å². The van der Waals surface area contributed by atoms with Crippen LogP contribution in [0.5, 0.6) is 0 Å². The molecule has 0 radical (unpaired) electrons. The second-order valence-electron chi connectivity index (χ2n) is 8.00. The minimum atomic E-state index is -3.84. The number of aliphatic hydroxyl groups is 1. The van der Waals surface area contributed by atoms with Gasteiger partial charge in [0.25, 0.3) is 11.5 Å². The summed E-state index contributed by atoms with van der Waals surface area (Å²) >= 11 is 0. The summed E-state index contributed by atoms with van der Waals surface area (Å²) in [6.45, 7) is 2.05. The van der Waals surface area contributed by atoms with Crippen molar-refractivity contribution >= 4 is 26.6 Å². The number of nitrogens with one attached hydrogen (secondary N) is 1. The van der Waals surface area contributed by atoms with Crippen LogP contribution in [0.25, 0.3) is 22.0 Å². The second-order valence-corrected chi connectivity index (χ2v) is 10.4. The van der Waals surface area contributed by atoms with Crippen LogP contribution < -0.4 is 11.0 Å². The number of benzene rings is 1. The van der Waals surface area contributed by atoms with E-state index >= 15 is 0 Å². The average molecular weight is 462 g/mol. The third-order valence-corrected chi connectivity index (χ3v) is 7.91. The Labute approximate surface area is 185 Å². The minimum Gasteiger partial charge on any atom is -0.396 e. The number of carbonyl (C=O) groups is 1. The van der Waals surface area contributed by atoms with Gasteiger partial charge in [-0.15, -0.1) is 0 Å². The van der Waals surface area contributed by atoms with E-state index in [0.29, 0.717) is 6.42 Å². The van der Waals surface area contributed by atoms with Crippen molar-refractivity contribution in [2.24, 2.45) is 0 Å². The van der Waals surface area contributed by atoms with Crippen molar-refractivity contribution in [1.82, 2.24) is 14.6 Å². The third-order valence-electron chi connectivity index (χ3n) is 5.89. The lowest BCUT2D eigenvalue weighted by Crippen LogP contribution is -2.49. The number of hydrogen-bond acceptors (Lipinski definition) is 6. The molecular weight excluding hydrogens is 434 g/mol. The average Bonchev–Trinajstić information content (AvgIpc) is 3.17. The molecule has 0 bridgehead atoms. The van der Waals surface area contributed by atoms with Crippen molar-refractivity contribution in [2.75, 3.05) is 12.9 Å². The molecule has 1 aromatic carbocycles. The Balaban J connectivity index is 1.84. The Hall–Kier alpha value is -2.95. The maximum atomic E-state index is 12.6. The van der Waals surface area contributed by atoms with Crippen molar-refractivity contribution < 1.29 is 23.5 Å². The fraction of sp³-hybridized carbons (Fsp3) is 0.364. The Morgan fingerprint density at radius 2 is 1.75 bits per heavy atom. The van der Waals surface area contributed by atoms with Gasteiger partial charge in [-0.3, -0.25) is 14.8 Å². The SMILES string of the molecule is CC(CCn1ccc(-c2ccc3c(ccn3CCCO)c2)cc1=O)(C(=O)NO)S(C)(=O)=O. The van der Waals surface area contributed by atoms with Crippen LogP contribution >= 0.6 is 0 Å². The normalized spacial score (nSPS) is 13.8. The summed E-state index contributed by atoms with van der Waals surface area (Å²) in [5.74, 6) is -1.04. The van der Waals surface area contributed by atoms with Crippen molar-refractivity contribution in [2.45, 2.75) is 37.6 Å². The Morgan fingerprint density at radius 1 is 1.06 bits per heavy atom. The third kappa shape index (κ3) is 4.62. The van der Waals surface area contributed by atoms with Gasteiger partial charge in [-0.05, 0) is 55.2 Å². The molecule has 1 atom stereocenters. The van der Waals surface area contributed by atoms with Gasteiger partial charge in [-0.2, -0.15) is 0 Å². The van der Waals surface area contributed by atoms with E-state index in [1.54, 1.807) is 12.3 Å². The second kappa shape index (κ2) is 9.27. The number of fused-ring (bicyclic) bond motifs is 1. The molecule has 1 amide bonds. The first-order valence-electron chi connectivity index (χ1n) is 10.2. The molecule has 32 heavy (non-hydrogen) atoms. The number of aromatic nitrogens is 2. The molecule has 3 N–H and O–H groups in total. The van der Waals surface area contributed by atoms with Crippen LogP contribution in [0.15, 0.2) is 53.6 Å². The highest BCUT2D eigenvalue weighted by atomic mass is 32.2. The molecule has 0 saturated carbocycles. The molecule has 0 spiro atoms. The van der Waals surface area contributed by atoms with Gasteiger partial charge >= 0.3 is 0 Å². The van der Waals surface area contributed by atoms with Gasteiger partial charge in [0, 0.05) is 55.3 Å². The number of aliphatic hydroxyl groups excluding tert-OH is 1. The number of amides is 1. The van der Waals surface area contributed by atoms with E-state index in [1.165, 1.54) is 23.0 Å². The smallest absolute Gasteiger partial charge is 0.264 e. The van der Waals surface area contributed by atoms with Crippen LogP contribution in [0, 0.1) is 0 Å². The maximum Gasteiger partial charge on any atom is 0.264 e. The van der Waals surface area contributed by atoms with E-state index in [2.05, 4.69) is 4.57 Å². The summed E-state index contributed by atoms with van der Waals surface area (Å²) in [5.41, 5.74) is 3.69. The van der Waals surface area contributed by atoms with E-state index in [0.717, 1.165) is 34.8 Å². The molecule has 10 heteroatoms. The van der Waals surface area contributed by atoms with E-state index in [-0.39, 0.29) is 25.1 Å². The predicted molar refractivity (Wildman–Crippen MR) is 121 cm³/mol. The molecule has 3 aromatic rings. The summed E-state index contributed by atoms with van der Waals surface area (Å²) in [5, 5.41) is 19.0.